The summed E-state index contributed by atoms with van der Waals surface area (Å²) in [6.45, 7) is 1.75. The van der Waals surface area contributed by atoms with E-state index in [9.17, 15) is 9.59 Å². The molecule has 0 radical (unpaired) electrons. The Morgan fingerprint density at radius 2 is 1.33 bits per heavy atom. The Hall–Kier alpha value is -0.377. The molecule has 0 saturated carbocycles. The number of carboxylic acid groups (broad SMARTS) is 2. The van der Waals surface area contributed by atoms with E-state index in [2.05, 4.69) is 0 Å². The van der Waals surface area contributed by atoms with Crippen LogP contribution in [0.3, 0.4) is 0 Å². The predicted molar refractivity (Wildman–Crippen MR) is 70.2 cm³/mol. The van der Waals surface area contributed by atoms with Crippen LogP contribution in [0.1, 0.15) is 12.8 Å². The fourth-order valence-corrected chi connectivity index (χ4v) is 1.16. The van der Waals surface area contributed by atoms with E-state index in [1.807, 2.05) is 0 Å². The zero-order valence-electron chi connectivity index (χ0n) is 11.8. The van der Waals surface area contributed by atoms with E-state index in [4.69, 9.17) is 31.3 Å². The minimum atomic E-state index is -1.17. The molecule has 1 unspecified atom stereocenters. The Morgan fingerprint density at radius 1 is 0.952 bits per heavy atom. The van der Waals surface area contributed by atoms with E-state index < -0.39 is 18.0 Å². The number of rotatable bonds is 10. The van der Waals surface area contributed by atoms with Gasteiger partial charge in [0.1, 0.15) is 6.04 Å². The number of nitrogens with zero attached hydrogens (tertiary/aromatic N) is 1. The number of hydrogen-bond donors (Lipinski definition) is 6. The number of carbonyl (C=O) groups is 2. The van der Waals surface area contributed by atoms with Gasteiger partial charge >= 0.3 is 11.9 Å². The van der Waals surface area contributed by atoms with Gasteiger partial charge in [-0.2, -0.15) is 0 Å². The molecular weight excluding hydrogens is 363 g/mol. The summed E-state index contributed by atoms with van der Waals surface area (Å²) >= 11 is 0. The van der Waals surface area contributed by atoms with Crippen molar-refractivity contribution < 1.29 is 61.3 Å². The fourth-order valence-electron chi connectivity index (χ4n) is 1.16. The van der Waals surface area contributed by atoms with Gasteiger partial charge in [-0.25, -0.2) is 0 Å². The van der Waals surface area contributed by atoms with Crippen LogP contribution < -0.4 is 5.73 Å². The summed E-state index contributed by atoms with van der Waals surface area (Å²) in [5.41, 5.74) is 5.00. The molecule has 0 saturated heterocycles. The average molecular weight is 388 g/mol. The molecule has 10 heteroatoms. The summed E-state index contributed by atoms with van der Waals surface area (Å²) in [4.78, 5) is 21.7. The molecule has 0 fully saturated rings. The predicted octanol–water partition coefficient (Wildman–Crippen LogP) is -2.47. The first kappa shape index (κ1) is 25.6. The van der Waals surface area contributed by atoms with Crippen molar-refractivity contribution in [2.75, 3.05) is 39.5 Å². The van der Waals surface area contributed by atoms with Crippen molar-refractivity contribution in [1.82, 2.24) is 4.90 Å². The molecule has 0 aromatic carbocycles. The molecule has 0 spiro atoms. The van der Waals surface area contributed by atoms with Crippen LogP contribution in [-0.4, -0.2) is 87.9 Å². The molecule has 0 aliphatic rings. The van der Waals surface area contributed by atoms with Gasteiger partial charge in [0.2, 0.25) is 0 Å². The number of aliphatic carboxylic acids is 2. The third kappa shape index (κ3) is 19.6. The summed E-state index contributed by atoms with van der Waals surface area (Å²) in [6.07, 6.45) is -0.224. The van der Waals surface area contributed by atoms with Crippen LogP contribution in [0.15, 0.2) is 0 Å². The summed E-state index contributed by atoms with van der Waals surface area (Å²) < 4.78 is 0. The van der Waals surface area contributed by atoms with Gasteiger partial charge in [0.25, 0.3) is 0 Å². The first-order chi connectivity index (χ1) is 9.38. The van der Waals surface area contributed by atoms with Gasteiger partial charge in [-0.05, 0) is 6.42 Å². The van der Waals surface area contributed by atoms with Crippen molar-refractivity contribution in [3.05, 3.63) is 0 Å². The van der Waals surface area contributed by atoms with E-state index in [0.29, 0.717) is 19.6 Å². The number of aliphatic hydroxyl groups is 3. The SMILES string of the molecule is NC(CCC(=O)O)C(=O)O.OCCN(CCO)CCO.[Zr]. The number of aliphatic hydroxyl groups excluding tert-OH is 3. The first-order valence-corrected chi connectivity index (χ1v) is 6.14. The van der Waals surface area contributed by atoms with Gasteiger partial charge in [-0.15, -0.1) is 0 Å². The molecule has 1 atom stereocenters. The van der Waals surface area contributed by atoms with Gasteiger partial charge in [-0.3, -0.25) is 14.5 Å². The molecule has 124 valence electrons. The Morgan fingerprint density at radius 3 is 1.57 bits per heavy atom. The largest absolute Gasteiger partial charge is 0.481 e. The van der Waals surface area contributed by atoms with Crippen molar-refractivity contribution in [1.29, 1.82) is 0 Å². The molecule has 7 N–H and O–H groups in total. The van der Waals surface area contributed by atoms with E-state index >= 15 is 0 Å². The van der Waals surface area contributed by atoms with E-state index in [1.165, 1.54) is 0 Å². The third-order valence-corrected chi connectivity index (χ3v) is 2.24. The number of nitrogens with two attached hydrogens (primary N) is 1. The second-order valence-corrected chi connectivity index (χ2v) is 3.89. The van der Waals surface area contributed by atoms with Crippen LogP contribution in [0, 0.1) is 0 Å². The maximum absolute atomic E-state index is 9.99. The molecule has 21 heavy (non-hydrogen) atoms. The molecule has 0 amide bonds. The monoisotopic (exact) mass is 386 g/mol. The van der Waals surface area contributed by atoms with Crippen LogP contribution >= 0.6 is 0 Å². The van der Waals surface area contributed by atoms with Crippen LogP contribution in [0.25, 0.3) is 0 Å². The van der Waals surface area contributed by atoms with Crippen molar-refractivity contribution in [2.24, 2.45) is 5.73 Å². The summed E-state index contributed by atoms with van der Waals surface area (Å²) in [6, 6.07) is -1.06. The summed E-state index contributed by atoms with van der Waals surface area (Å²) in [5, 5.41) is 41.7. The van der Waals surface area contributed by atoms with Crippen LogP contribution in [-0.2, 0) is 35.8 Å². The minimum absolute atomic E-state index is 0. The topological polar surface area (TPSA) is 165 Å². The van der Waals surface area contributed by atoms with Crippen molar-refractivity contribution in [3.63, 3.8) is 0 Å². The zero-order valence-corrected chi connectivity index (χ0v) is 14.3. The maximum Gasteiger partial charge on any atom is 0.320 e. The quantitative estimate of drug-likeness (QED) is 0.238. The standard InChI is InChI=1S/C6H15NO3.C5H9NO4.Zr/c8-4-1-7(2-5-9)3-6-10;6-3(5(9)10)1-2-4(7)8;/h8-10H,1-6H2;3H,1-2,6H2,(H,7,8)(H,9,10);. The normalized spacial score (nSPS) is 11.1. The smallest absolute Gasteiger partial charge is 0.320 e. The van der Waals surface area contributed by atoms with Gasteiger partial charge in [-0.1, -0.05) is 0 Å². The van der Waals surface area contributed by atoms with Gasteiger partial charge < -0.3 is 31.3 Å². The molecule has 0 heterocycles. The summed E-state index contributed by atoms with van der Waals surface area (Å²) in [5.74, 6) is -2.20. The molecule has 0 rings (SSSR count). The molecule has 9 nitrogen and oxygen atoms in total. The van der Waals surface area contributed by atoms with Gasteiger partial charge in [0.05, 0.1) is 19.8 Å². The Labute approximate surface area is 142 Å². The zero-order chi connectivity index (χ0) is 16.0. The van der Waals surface area contributed by atoms with Gasteiger partial charge in [0, 0.05) is 52.3 Å². The van der Waals surface area contributed by atoms with E-state index in [1.54, 1.807) is 4.90 Å². The average Bonchev–Trinajstić information content (AvgIpc) is 2.37. The van der Waals surface area contributed by atoms with E-state index in [-0.39, 0.29) is 58.9 Å². The minimum Gasteiger partial charge on any atom is -0.481 e. The van der Waals surface area contributed by atoms with Crippen LogP contribution in [0.5, 0.6) is 0 Å². The van der Waals surface area contributed by atoms with Crippen molar-refractivity contribution in [2.45, 2.75) is 18.9 Å². The van der Waals surface area contributed by atoms with Gasteiger partial charge in [0.15, 0.2) is 0 Å². The van der Waals surface area contributed by atoms with Crippen LogP contribution in [0.2, 0.25) is 0 Å². The molecule has 0 aliphatic carbocycles. The Bertz CT molecular complexity index is 255. The molecule has 0 aromatic rings. The molecule has 0 bridgehead atoms. The molecular formula is C11H24N2O7Zr. The number of carboxylic acids is 2. The van der Waals surface area contributed by atoms with Crippen molar-refractivity contribution >= 4 is 11.9 Å². The summed E-state index contributed by atoms with van der Waals surface area (Å²) in [7, 11) is 0. The Balaban J connectivity index is -0.000000295. The number of hydrogen-bond acceptors (Lipinski definition) is 7. The van der Waals surface area contributed by atoms with Crippen molar-refractivity contribution in [3.8, 4) is 0 Å². The molecule has 0 aromatic heterocycles. The Kier molecular flexibility index (Phi) is 21.5. The second kappa shape index (κ2) is 17.7. The van der Waals surface area contributed by atoms with Crippen LogP contribution in [0.4, 0.5) is 0 Å². The maximum atomic E-state index is 9.99. The first-order valence-electron chi connectivity index (χ1n) is 6.14. The molecule has 0 aliphatic heterocycles. The van der Waals surface area contributed by atoms with E-state index in [0.717, 1.165) is 0 Å². The second-order valence-electron chi connectivity index (χ2n) is 3.89. The fraction of sp³-hybridized carbons (Fsp3) is 0.818. The third-order valence-electron chi connectivity index (χ3n) is 2.24.